The number of hydrogen-bond acceptors (Lipinski definition) is 3. The summed E-state index contributed by atoms with van der Waals surface area (Å²) in [4.78, 5) is 23.4. The van der Waals surface area contributed by atoms with Crippen LogP contribution in [-0.4, -0.2) is 25.0 Å². The van der Waals surface area contributed by atoms with Crippen molar-refractivity contribution in [3.05, 3.63) is 35.4 Å². The average Bonchev–Trinajstić information content (AvgIpc) is 2.54. The molecule has 1 aromatic rings. The number of rotatable bonds is 6. The lowest BCUT2D eigenvalue weighted by Gasteiger charge is -2.21. The molecule has 0 radical (unpaired) electrons. The summed E-state index contributed by atoms with van der Waals surface area (Å²) in [6.07, 6.45) is 6.40. The lowest BCUT2D eigenvalue weighted by molar-refractivity contribution is -0.147. The van der Waals surface area contributed by atoms with Gasteiger partial charge >= 0.3 is 5.97 Å². The van der Waals surface area contributed by atoms with Crippen molar-refractivity contribution in [2.45, 2.75) is 45.4 Å². The fourth-order valence-corrected chi connectivity index (χ4v) is 2.77. The SMILES string of the molecule is Cc1ccc(CC(=O)OCC(=O)NCC2CCCCC2)cc1. The van der Waals surface area contributed by atoms with E-state index in [1.165, 1.54) is 32.1 Å². The zero-order chi connectivity index (χ0) is 15.8. The lowest BCUT2D eigenvalue weighted by Crippen LogP contribution is -2.33. The first kappa shape index (κ1) is 16.5. The van der Waals surface area contributed by atoms with E-state index in [1.54, 1.807) is 0 Å². The minimum absolute atomic E-state index is 0.183. The Morgan fingerprint density at radius 2 is 1.82 bits per heavy atom. The fraction of sp³-hybridized carbons (Fsp3) is 0.556. The summed E-state index contributed by atoms with van der Waals surface area (Å²) in [7, 11) is 0. The van der Waals surface area contributed by atoms with Crippen molar-refractivity contribution < 1.29 is 14.3 Å². The minimum atomic E-state index is -0.364. The molecule has 0 unspecified atom stereocenters. The number of benzene rings is 1. The van der Waals surface area contributed by atoms with Crippen LogP contribution in [0.1, 0.15) is 43.2 Å². The van der Waals surface area contributed by atoms with Gasteiger partial charge in [0.2, 0.25) is 0 Å². The van der Waals surface area contributed by atoms with Crippen molar-refractivity contribution in [3.8, 4) is 0 Å². The molecule has 0 atom stereocenters. The molecule has 1 aliphatic rings. The van der Waals surface area contributed by atoms with E-state index in [0.29, 0.717) is 12.5 Å². The van der Waals surface area contributed by atoms with Crippen LogP contribution in [0.5, 0.6) is 0 Å². The second-order valence-electron chi connectivity index (χ2n) is 6.13. The molecule has 1 saturated carbocycles. The Hall–Kier alpha value is -1.84. The second kappa shape index (κ2) is 8.57. The number of carbonyl (C=O) groups is 2. The van der Waals surface area contributed by atoms with Crippen molar-refractivity contribution >= 4 is 11.9 Å². The van der Waals surface area contributed by atoms with E-state index in [1.807, 2.05) is 31.2 Å². The van der Waals surface area contributed by atoms with Crippen LogP contribution < -0.4 is 5.32 Å². The largest absolute Gasteiger partial charge is 0.455 e. The smallest absolute Gasteiger partial charge is 0.310 e. The number of amides is 1. The lowest BCUT2D eigenvalue weighted by atomic mass is 9.89. The molecule has 22 heavy (non-hydrogen) atoms. The maximum atomic E-state index is 11.7. The highest BCUT2D eigenvalue weighted by molar-refractivity contribution is 5.81. The van der Waals surface area contributed by atoms with Gasteiger partial charge in [-0.1, -0.05) is 49.1 Å². The van der Waals surface area contributed by atoms with Crippen LogP contribution in [0.15, 0.2) is 24.3 Å². The maximum Gasteiger partial charge on any atom is 0.310 e. The van der Waals surface area contributed by atoms with E-state index in [9.17, 15) is 9.59 Å². The van der Waals surface area contributed by atoms with Gasteiger partial charge in [0.15, 0.2) is 6.61 Å². The Bertz CT molecular complexity index is 490. The molecule has 1 aliphatic carbocycles. The number of carbonyl (C=O) groups excluding carboxylic acids is 2. The van der Waals surface area contributed by atoms with E-state index >= 15 is 0 Å². The first-order chi connectivity index (χ1) is 10.6. The van der Waals surface area contributed by atoms with Gasteiger partial charge in [-0.15, -0.1) is 0 Å². The van der Waals surface area contributed by atoms with Crippen LogP contribution in [-0.2, 0) is 20.7 Å². The van der Waals surface area contributed by atoms with Crippen LogP contribution >= 0.6 is 0 Å². The highest BCUT2D eigenvalue weighted by Gasteiger charge is 2.15. The third-order valence-corrected chi connectivity index (χ3v) is 4.15. The van der Waals surface area contributed by atoms with Gasteiger partial charge in [0.1, 0.15) is 0 Å². The van der Waals surface area contributed by atoms with Gasteiger partial charge in [-0.3, -0.25) is 9.59 Å². The summed E-state index contributed by atoms with van der Waals surface area (Å²) < 4.78 is 5.03. The van der Waals surface area contributed by atoms with E-state index in [-0.39, 0.29) is 24.9 Å². The van der Waals surface area contributed by atoms with Gasteiger partial charge < -0.3 is 10.1 Å². The van der Waals surface area contributed by atoms with Crippen molar-refractivity contribution in [2.24, 2.45) is 5.92 Å². The monoisotopic (exact) mass is 303 g/mol. The normalized spacial score (nSPS) is 15.3. The summed E-state index contributed by atoms with van der Waals surface area (Å²) in [6, 6.07) is 7.72. The third kappa shape index (κ3) is 5.88. The molecule has 1 amide bonds. The van der Waals surface area contributed by atoms with Crippen LogP contribution in [0, 0.1) is 12.8 Å². The third-order valence-electron chi connectivity index (χ3n) is 4.15. The standard InChI is InChI=1S/C18H25NO3/c1-14-7-9-15(10-8-14)11-18(21)22-13-17(20)19-12-16-5-3-2-4-6-16/h7-10,16H,2-6,11-13H2,1H3,(H,19,20). The molecule has 0 heterocycles. The zero-order valence-electron chi connectivity index (χ0n) is 13.3. The highest BCUT2D eigenvalue weighted by atomic mass is 16.5. The van der Waals surface area contributed by atoms with Gasteiger partial charge in [0.05, 0.1) is 6.42 Å². The quantitative estimate of drug-likeness (QED) is 0.822. The molecule has 120 valence electrons. The molecule has 1 fully saturated rings. The molecular weight excluding hydrogens is 278 g/mol. The Morgan fingerprint density at radius 1 is 1.14 bits per heavy atom. The summed E-state index contributed by atoms with van der Waals surface area (Å²) in [6.45, 7) is 2.52. The van der Waals surface area contributed by atoms with Crippen molar-refractivity contribution in [1.82, 2.24) is 5.32 Å². The first-order valence-corrected chi connectivity index (χ1v) is 8.11. The molecule has 1 N–H and O–H groups in total. The Kier molecular flexibility index (Phi) is 6.44. The van der Waals surface area contributed by atoms with Crippen molar-refractivity contribution in [1.29, 1.82) is 0 Å². The molecule has 1 aromatic carbocycles. The highest BCUT2D eigenvalue weighted by Crippen LogP contribution is 2.22. The molecule has 2 rings (SSSR count). The van der Waals surface area contributed by atoms with Gasteiger partial charge in [0.25, 0.3) is 5.91 Å². The number of hydrogen-bond donors (Lipinski definition) is 1. The molecule has 0 saturated heterocycles. The predicted molar refractivity (Wildman–Crippen MR) is 85.4 cm³/mol. The van der Waals surface area contributed by atoms with Gasteiger partial charge in [-0.05, 0) is 31.2 Å². The summed E-state index contributed by atoms with van der Waals surface area (Å²) >= 11 is 0. The topological polar surface area (TPSA) is 55.4 Å². The van der Waals surface area contributed by atoms with Crippen molar-refractivity contribution in [3.63, 3.8) is 0 Å². The summed E-state index contributed by atoms with van der Waals surface area (Å²) in [5.74, 6) is 0.0143. The van der Waals surface area contributed by atoms with Crippen LogP contribution in [0.3, 0.4) is 0 Å². The first-order valence-electron chi connectivity index (χ1n) is 8.11. The number of ether oxygens (including phenoxy) is 1. The van der Waals surface area contributed by atoms with Crippen molar-refractivity contribution in [2.75, 3.05) is 13.2 Å². The summed E-state index contributed by atoms with van der Waals surface area (Å²) in [5, 5.41) is 2.86. The van der Waals surface area contributed by atoms with Gasteiger partial charge in [-0.25, -0.2) is 0 Å². The maximum absolute atomic E-state index is 11.7. The fourth-order valence-electron chi connectivity index (χ4n) is 2.77. The van der Waals surface area contributed by atoms with Crippen LogP contribution in [0.2, 0.25) is 0 Å². The van der Waals surface area contributed by atoms with E-state index in [2.05, 4.69) is 5.32 Å². The molecule has 0 bridgehead atoms. The Balaban J connectivity index is 1.62. The molecule has 4 heteroatoms. The molecule has 0 spiro atoms. The Labute approximate surface area is 132 Å². The molecular formula is C18H25NO3. The van der Waals surface area contributed by atoms with E-state index in [0.717, 1.165) is 11.1 Å². The average molecular weight is 303 g/mol. The molecule has 0 aliphatic heterocycles. The van der Waals surface area contributed by atoms with Gasteiger partial charge in [0, 0.05) is 6.54 Å². The van der Waals surface area contributed by atoms with Crippen LogP contribution in [0.25, 0.3) is 0 Å². The number of aryl methyl sites for hydroxylation is 1. The zero-order valence-corrected chi connectivity index (χ0v) is 13.3. The second-order valence-corrected chi connectivity index (χ2v) is 6.13. The van der Waals surface area contributed by atoms with Crippen LogP contribution in [0.4, 0.5) is 0 Å². The number of nitrogens with one attached hydrogen (secondary N) is 1. The number of esters is 1. The van der Waals surface area contributed by atoms with Gasteiger partial charge in [-0.2, -0.15) is 0 Å². The van der Waals surface area contributed by atoms with E-state index in [4.69, 9.17) is 4.74 Å². The molecule has 0 aromatic heterocycles. The Morgan fingerprint density at radius 3 is 2.50 bits per heavy atom. The predicted octanol–water partition coefficient (Wildman–Crippen LogP) is 2.78. The molecule has 4 nitrogen and oxygen atoms in total. The minimum Gasteiger partial charge on any atom is -0.455 e. The summed E-state index contributed by atoms with van der Waals surface area (Å²) in [5.41, 5.74) is 2.05. The van der Waals surface area contributed by atoms with E-state index < -0.39 is 0 Å².